The Bertz CT molecular complexity index is 247. The topological polar surface area (TPSA) is 53.3 Å². The number of hydrogen-bond donors (Lipinski definition) is 0. The molecule has 0 aromatic heterocycles. The van der Waals surface area contributed by atoms with Crippen molar-refractivity contribution in [3.8, 4) is 6.07 Å². The largest absolute Gasteiger partial charge is 0.365 e. The monoisotopic (exact) mass is 210 g/mol. The van der Waals surface area contributed by atoms with Gasteiger partial charge in [0.1, 0.15) is 6.61 Å². The molecule has 0 radical (unpaired) electrons. The molecule has 1 rings (SSSR count). The summed E-state index contributed by atoms with van der Waals surface area (Å²) in [4.78, 5) is 13.3. The van der Waals surface area contributed by atoms with E-state index in [1.54, 1.807) is 0 Å². The van der Waals surface area contributed by atoms with Crippen molar-refractivity contribution in [1.29, 1.82) is 5.26 Å². The molecule has 4 nitrogen and oxygen atoms in total. The molecule has 0 saturated carbocycles. The van der Waals surface area contributed by atoms with Crippen LogP contribution in [0.3, 0.4) is 0 Å². The van der Waals surface area contributed by atoms with Gasteiger partial charge < -0.3 is 9.64 Å². The SMILES string of the molecule is CCCCCN1CC(CC#N)OCC1=O. The van der Waals surface area contributed by atoms with Crippen LogP contribution in [0.5, 0.6) is 0 Å². The lowest BCUT2D eigenvalue weighted by molar-refractivity contribution is -0.148. The molecule has 4 heteroatoms. The summed E-state index contributed by atoms with van der Waals surface area (Å²) in [6.45, 7) is 3.66. The summed E-state index contributed by atoms with van der Waals surface area (Å²) in [5.41, 5.74) is 0. The number of unbranched alkanes of at least 4 members (excludes halogenated alkanes) is 2. The minimum absolute atomic E-state index is 0.0558. The molecule has 84 valence electrons. The number of carbonyl (C=O) groups excluding carboxylic acids is 1. The molecular weight excluding hydrogens is 192 g/mol. The molecule has 0 N–H and O–H groups in total. The van der Waals surface area contributed by atoms with E-state index in [2.05, 4.69) is 13.0 Å². The van der Waals surface area contributed by atoms with Gasteiger partial charge in [-0.1, -0.05) is 19.8 Å². The lowest BCUT2D eigenvalue weighted by atomic mass is 10.2. The third kappa shape index (κ3) is 3.88. The molecule has 0 aliphatic carbocycles. The highest BCUT2D eigenvalue weighted by Crippen LogP contribution is 2.10. The lowest BCUT2D eigenvalue weighted by Gasteiger charge is -2.31. The van der Waals surface area contributed by atoms with Crippen molar-refractivity contribution < 1.29 is 9.53 Å². The summed E-state index contributed by atoms with van der Waals surface area (Å²) < 4.78 is 5.25. The predicted molar refractivity (Wildman–Crippen MR) is 56.1 cm³/mol. The average molecular weight is 210 g/mol. The highest BCUT2D eigenvalue weighted by atomic mass is 16.5. The maximum absolute atomic E-state index is 11.5. The molecule has 1 saturated heterocycles. The van der Waals surface area contributed by atoms with Crippen molar-refractivity contribution in [1.82, 2.24) is 4.90 Å². The van der Waals surface area contributed by atoms with E-state index < -0.39 is 0 Å². The maximum atomic E-state index is 11.5. The Balaban J connectivity index is 2.33. The van der Waals surface area contributed by atoms with Crippen molar-refractivity contribution in [3.63, 3.8) is 0 Å². The number of nitrogens with zero attached hydrogens (tertiary/aromatic N) is 2. The van der Waals surface area contributed by atoms with Crippen LogP contribution in [0.4, 0.5) is 0 Å². The van der Waals surface area contributed by atoms with Gasteiger partial charge in [0, 0.05) is 13.1 Å². The second-order valence-corrected chi connectivity index (χ2v) is 3.84. The molecule has 0 spiro atoms. The molecule has 1 atom stereocenters. The van der Waals surface area contributed by atoms with Gasteiger partial charge in [0.05, 0.1) is 18.6 Å². The molecule has 1 aliphatic rings. The fourth-order valence-electron chi connectivity index (χ4n) is 1.67. The maximum Gasteiger partial charge on any atom is 0.248 e. The van der Waals surface area contributed by atoms with E-state index in [-0.39, 0.29) is 18.6 Å². The Labute approximate surface area is 90.8 Å². The Hall–Kier alpha value is -1.08. The molecule has 0 bridgehead atoms. The second-order valence-electron chi connectivity index (χ2n) is 3.84. The van der Waals surface area contributed by atoms with Crippen molar-refractivity contribution >= 4 is 5.91 Å². The van der Waals surface area contributed by atoms with Gasteiger partial charge in [-0.3, -0.25) is 4.79 Å². The second kappa shape index (κ2) is 6.41. The molecule has 1 amide bonds. The molecular formula is C11H18N2O2. The number of amides is 1. The third-order valence-electron chi connectivity index (χ3n) is 2.57. The number of nitriles is 1. The van der Waals surface area contributed by atoms with Crippen LogP contribution in [0.25, 0.3) is 0 Å². The normalized spacial score (nSPS) is 21.5. The van der Waals surface area contributed by atoms with Crippen LogP contribution < -0.4 is 0 Å². The zero-order valence-corrected chi connectivity index (χ0v) is 9.24. The number of hydrogen-bond acceptors (Lipinski definition) is 3. The van der Waals surface area contributed by atoms with Gasteiger partial charge >= 0.3 is 0 Å². The minimum atomic E-state index is -0.0886. The van der Waals surface area contributed by atoms with Crippen molar-refractivity contribution in [3.05, 3.63) is 0 Å². The third-order valence-corrected chi connectivity index (χ3v) is 2.57. The average Bonchev–Trinajstić information content (AvgIpc) is 2.23. The summed E-state index contributed by atoms with van der Waals surface area (Å²) in [7, 11) is 0. The van der Waals surface area contributed by atoms with Crippen LogP contribution >= 0.6 is 0 Å². The fourth-order valence-corrected chi connectivity index (χ4v) is 1.67. The number of rotatable bonds is 5. The number of morpholine rings is 1. The van der Waals surface area contributed by atoms with E-state index in [4.69, 9.17) is 10.00 Å². The fraction of sp³-hybridized carbons (Fsp3) is 0.818. The van der Waals surface area contributed by atoms with E-state index >= 15 is 0 Å². The van der Waals surface area contributed by atoms with Gasteiger partial charge in [0.2, 0.25) is 5.91 Å². The Kier molecular flexibility index (Phi) is 5.13. The van der Waals surface area contributed by atoms with Crippen molar-refractivity contribution in [2.24, 2.45) is 0 Å². The van der Waals surface area contributed by atoms with Crippen LogP contribution in [-0.2, 0) is 9.53 Å². The van der Waals surface area contributed by atoms with Gasteiger partial charge in [-0.15, -0.1) is 0 Å². The molecule has 1 heterocycles. The first-order chi connectivity index (χ1) is 7.27. The smallest absolute Gasteiger partial charge is 0.248 e. The molecule has 1 unspecified atom stereocenters. The molecule has 15 heavy (non-hydrogen) atoms. The Morgan fingerprint density at radius 3 is 3.07 bits per heavy atom. The van der Waals surface area contributed by atoms with Crippen LogP contribution in [-0.4, -0.2) is 36.6 Å². The van der Waals surface area contributed by atoms with E-state index in [9.17, 15) is 4.79 Å². The summed E-state index contributed by atoms with van der Waals surface area (Å²) in [6, 6.07) is 2.08. The van der Waals surface area contributed by atoms with Crippen LogP contribution in [0, 0.1) is 11.3 Å². The van der Waals surface area contributed by atoms with Crippen molar-refractivity contribution in [2.45, 2.75) is 38.7 Å². The zero-order valence-electron chi connectivity index (χ0n) is 9.24. The summed E-state index contributed by atoms with van der Waals surface area (Å²) in [5.74, 6) is 0.0558. The van der Waals surface area contributed by atoms with Gasteiger partial charge in [-0.2, -0.15) is 5.26 Å². The molecule has 1 fully saturated rings. The van der Waals surface area contributed by atoms with Crippen LogP contribution in [0.2, 0.25) is 0 Å². The van der Waals surface area contributed by atoms with Gasteiger partial charge in [0.25, 0.3) is 0 Å². The Morgan fingerprint density at radius 1 is 1.60 bits per heavy atom. The van der Waals surface area contributed by atoms with Gasteiger partial charge in [0.15, 0.2) is 0 Å². The first kappa shape index (κ1) is 12.0. The van der Waals surface area contributed by atoms with Gasteiger partial charge in [-0.25, -0.2) is 0 Å². The summed E-state index contributed by atoms with van der Waals surface area (Å²) in [5, 5.41) is 8.55. The quantitative estimate of drug-likeness (QED) is 0.643. The molecule has 1 aliphatic heterocycles. The van der Waals surface area contributed by atoms with Crippen LogP contribution in [0.1, 0.15) is 32.6 Å². The first-order valence-electron chi connectivity index (χ1n) is 5.54. The summed E-state index contributed by atoms with van der Waals surface area (Å²) >= 11 is 0. The molecule has 0 aromatic rings. The van der Waals surface area contributed by atoms with E-state index in [1.165, 1.54) is 0 Å². The zero-order chi connectivity index (χ0) is 11.1. The highest BCUT2D eigenvalue weighted by Gasteiger charge is 2.25. The van der Waals surface area contributed by atoms with Gasteiger partial charge in [-0.05, 0) is 6.42 Å². The number of ether oxygens (including phenoxy) is 1. The van der Waals surface area contributed by atoms with Crippen molar-refractivity contribution in [2.75, 3.05) is 19.7 Å². The molecule has 0 aromatic carbocycles. The minimum Gasteiger partial charge on any atom is -0.365 e. The van der Waals surface area contributed by atoms with Crippen LogP contribution in [0.15, 0.2) is 0 Å². The standard InChI is InChI=1S/C11H18N2O2/c1-2-3-4-7-13-8-10(5-6-12)15-9-11(13)14/h10H,2-5,7-9H2,1H3. The first-order valence-corrected chi connectivity index (χ1v) is 5.54. The summed E-state index contributed by atoms with van der Waals surface area (Å²) in [6.07, 6.45) is 3.63. The van der Waals surface area contributed by atoms with E-state index in [0.717, 1.165) is 25.8 Å². The predicted octanol–water partition coefficient (Wildman–Crippen LogP) is 1.32. The lowest BCUT2D eigenvalue weighted by Crippen LogP contribution is -2.46. The highest BCUT2D eigenvalue weighted by molar-refractivity contribution is 5.78. The Morgan fingerprint density at radius 2 is 2.40 bits per heavy atom. The number of carbonyl (C=O) groups is 1. The van der Waals surface area contributed by atoms with E-state index in [0.29, 0.717) is 13.0 Å². The van der Waals surface area contributed by atoms with E-state index in [1.807, 2.05) is 4.90 Å².